The van der Waals surface area contributed by atoms with Gasteiger partial charge in [0.25, 0.3) is 0 Å². The van der Waals surface area contributed by atoms with Crippen LogP contribution in [0.5, 0.6) is 0 Å². The molecule has 0 saturated carbocycles. The van der Waals surface area contributed by atoms with Gasteiger partial charge in [-0.1, -0.05) is 39.8 Å². The van der Waals surface area contributed by atoms with Crippen molar-refractivity contribution >= 4 is 85.8 Å². The van der Waals surface area contributed by atoms with E-state index in [0.717, 1.165) is 10.9 Å². The van der Waals surface area contributed by atoms with Gasteiger partial charge >= 0.3 is 5.97 Å². The Kier molecular flexibility index (Phi) is 16.8. The van der Waals surface area contributed by atoms with E-state index >= 15 is 0 Å². The molecule has 2 aliphatic rings. The van der Waals surface area contributed by atoms with E-state index in [1.165, 1.54) is 26.5 Å². The van der Waals surface area contributed by atoms with Gasteiger partial charge in [-0.15, -0.1) is 0 Å². The minimum Gasteiger partial charge on any atom is -0.481 e. The molecule has 1 aromatic carbocycles. The van der Waals surface area contributed by atoms with Crippen molar-refractivity contribution in [3.63, 3.8) is 0 Å². The van der Waals surface area contributed by atoms with E-state index < -0.39 is 90.5 Å². The largest absolute Gasteiger partial charge is 0.481 e. The number of para-hydroxylation sites is 1. The SMILES string of the molecule is NC(=O)C1CSSCCC(=O)N[C@@H](CCCCN=C(N)N)C(=O)NCC(=O)N[C@@H](CC(=O)O)C(=O)N[C@@H](Cc2c[nH]c3ccccc23)C(=O)N2CCC[C@H]2C(=O)N1. The molecule has 0 bridgehead atoms. The Hall–Kier alpha value is -5.51. The molecule has 310 valence electrons. The topological polar surface area (TPSA) is 326 Å². The summed E-state index contributed by atoms with van der Waals surface area (Å²) in [6.45, 7) is -0.233. The summed E-state index contributed by atoms with van der Waals surface area (Å²) in [5.41, 5.74) is 17.8. The van der Waals surface area contributed by atoms with Crippen LogP contribution >= 0.6 is 21.6 Å². The van der Waals surface area contributed by atoms with Gasteiger partial charge in [-0.3, -0.25) is 43.3 Å². The first-order valence-electron chi connectivity index (χ1n) is 18.4. The number of H-pyrrole nitrogens is 1. The summed E-state index contributed by atoms with van der Waals surface area (Å²) in [7, 11) is 2.45. The van der Waals surface area contributed by atoms with E-state index in [-0.39, 0.29) is 56.2 Å². The molecular formula is C35H49N11O9S2. The summed E-state index contributed by atoms with van der Waals surface area (Å²) in [5.74, 6) is -6.35. The number of aliphatic imine (C=N–C) groups is 1. The number of hydrogen-bond acceptors (Lipinski definition) is 11. The van der Waals surface area contributed by atoms with Crippen LogP contribution in [0.2, 0.25) is 0 Å². The number of rotatable bonds is 10. The number of guanidine groups is 1. The van der Waals surface area contributed by atoms with Crippen molar-refractivity contribution in [2.45, 2.75) is 81.6 Å². The van der Waals surface area contributed by atoms with E-state index in [4.69, 9.17) is 17.2 Å². The van der Waals surface area contributed by atoms with Crippen molar-refractivity contribution < 1.29 is 43.5 Å². The molecule has 3 heterocycles. The Morgan fingerprint density at radius 3 is 2.37 bits per heavy atom. The van der Waals surface area contributed by atoms with Crippen molar-refractivity contribution in [2.75, 3.05) is 31.1 Å². The lowest BCUT2D eigenvalue weighted by Crippen LogP contribution is -2.59. The zero-order valence-corrected chi connectivity index (χ0v) is 32.8. The van der Waals surface area contributed by atoms with Crippen LogP contribution in [0.15, 0.2) is 35.5 Å². The van der Waals surface area contributed by atoms with E-state index in [9.17, 15) is 43.5 Å². The Bertz CT molecular complexity index is 1840. The van der Waals surface area contributed by atoms with Crippen molar-refractivity contribution in [3.8, 4) is 0 Å². The Morgan fingerprint density at radius 1 is 0.877 bits per heavy atom. The number of hydrogen-bond donors (Lipinski definition) is 10. The number of aliphatic carboxylic acids is 1. The summed E-state index contributed by atoms with van der Waals surface area (Å²) < 4.78 is 0. The van der Waals surface area contributed by atoms with Gasteiger partial charge in [-0.25, -0.2) is 0 Å². The number of unbranched alkanes of at least 4 members (excludes halogenated alkanes) is 1. The third kappa shape index (κ3) is 13.6. The molecule has 1 aromatic heterocycles. The maximum Gasteiger partial charge on any atom is 0.305 e. The number of nitrogens with zero attached hydrogens (tertiary/aromatic N) is 2. The van der Waals surface area contributed by atoms with Crippen LogP contribution in [0.25, 0.3) is 10.9 Å². The predicted molar refractivity (Wildman–Crippen MR) is 213 cm³/mol. The van der Waals surface area contributed by atoms with E-state index in [1.54, 1.807) is 12.3 Å². The lowest BCUT2D eigenvalue weighted by atomic mass is 10.0. The maximum absolute atomic E-state index is 14.3. The lowest BCUT2D eigenvalue weighted by molar-refractivity contribution is -0.143. The van der Waals surface area contributed by atoms with Crippen molar-refractivity contribution in [3.05, 3.63) is 36.0 Å². The number of aromatic amines is 1. The molecule has 2 fully saturated rings. The third-order valence-electron chi connectivity index (χ3n) is 9.24. The number of nitrogens with one attached hydrogen (secondary N) is 6. The molecule has 0 spiro atoms. The summed E-state index contributed by atoms with van der Waals surface area (Å²) >= 11 is 0. The lowest BCUT2D eigenvalue weighted by Gasteiger charge is -2.30. The number of fused-ring (bicyclic) bond motifs is 2. The normalized spacial score (nSPS) is 23.6. The third-order valence-corrected chi connectivity index (χ3v) is 11.7. The summed E-state index contributed by atoms with van der Waals surface area (Å²) in [5, 5.41) is 23.1. The highest BCUT2D eigenvalue weighted by Gasteiger charge is 2.40. The minimum absolute atomic E-state index is 0.0195. The van der Waals surface area contributed by atoms with Crippen LogP contribution in [0, 0.1) is 0 Å². The number of carboxylic acids is 1. The van der Waals surface area contributed by atoms with Gasteiger partial charge in [-0.05, 0) is 43.7 Å². The number of aromatic nitrogens is 1. The first-order chi connectivity index (χ1) is 27.2. The smallest absolute Gasteiger partial charge is 0.305 e. The number of amides is 7. The highest BCUT2D eigenvalue weighted by atomic mass is 33.1. The van der Waals surface area contributed by atoms with Crippen molar-refractivity contribution in [1.82, 2.24) is 36.5 Å². The molecule has 20 nitrogen and oxygen atoms in total. The number of carbonyl (C=O) groups is 8. The van der Waals surface area contributed by atoms with Gasteiger partial charge < -0.3 is 58.8 Å². The van der Waals surface area contributed by atoms with Gasteiger partial charge in [0.15, 0.2) is 5.96 Å². The average Bonchev–Trinajstić information content (AvgIpc) is 3.82. The Balaban J connectivity index is 1.61. The fourth-order valence-electron chi connectivity index (χ4n) is 6.39. The van der Waals surface area contributed by atoms with Gasteiger partial charge in [0.1, 0.15) is 30.2 Å². The second-order valence-corrected chi connectivity index (χ2v) is 16.1. The quantitative estimate of drug-likeness (QED) is 0.0534. The second-order valence-electron chi connectivity index (χ2n) is 13.5. The number of benzene rings is 1. The molecular weight excluding hydrogens is 783 g/mol. The van der Waals surface area contributed by atoms with Gasteiger partial charge in [0, 0.05) is 54.5 Å². The highest BCUT2D eigenvalue weighted by Crippen LogP contribution is 2.25. The maximum atomic E-state index is 14.3. The monoisotopic (exact) mass is 831 g/mol. The average molecular weight is 832 g/mol. The molecule has 2 saturated heterocycles. The second kappa shape index (κ2) is 21.7. The molecule has 22 heteroatoms. The molecule has 7 amide bonds. The molecule has 2 aliphatic heterocycles. The molecule has 5 atom stereocenters. The van der Waals surface area contributed by atoms with Crippen LogP contribution in [-0.4, -0.2) is 130 Å². The van der Waals surface area contributed by atoms with Gasteiger partial charge in [0.2, 0.25) is 41.4 Å². The number of nitrogens with two attached hydrogens (primary N) is 3. The molecule has 2 aromatic rings. The molecule has 57 heavy (non-hydrogen) atoms. The van der Waals surface area contributed by atoms with Gasteiger partial charge in [0.05, 0.1) is 13.0 Å². The van der Waals surface area contributed by atoms with Crippen LogP contribution in [-0.2, 0) is 44.8 Å². The molecule has 0 aliphatic carbocycles. The van der Waals surface area contributed by atoms with E-state index in [2.05, 4.69) is 36.6 Å². The van der Waals surface area contributed by atoms with Crippen molar-refractivity contribution in [1.29, 1.82) is 0 Å². The van der Waals surface area contributed by atoms with E-state index in [0.29, 0.717) is 24.8 Å². The first-order valence-corrected chi connectivity index (χ1v) is 20.9. The van der Waals surface area contributed by atoms with Crippen LogP contribution < -0.4 is 43.8 Å². The fourth-order valence-corrected chi connectivity index (χ4v) is 8.56. The number of primary amides is 1. The van der Waals surface area contributed by atoms with Crippen LogP contribution in [0.4, 0.5) is 0 Å². The van der Waals surface area contributed by atoms with E-state index in [1.807, 2.05) is 18.2 Å². The standard InChI is InChI=1S/C35H49N11O9S2/c36-30(51)25-18-57-56-13-10-27(47)42-22(8-3-4-11-39-35(37)38)31(52)41-17-28(48)43-23(15-29(49)50)32(53)44-24(14-19-16-40-21-7-2-1-6-20(19)21)34(55)46-12-5-9-26(46)33(54)45-25/h1-2,6-7,16,22-26,40H,3-5,8-15,17-18H2,(H2,36,51)(H,41,52)(H,42,47)(H,43,48)(H,44,53)(H,45,54)(H,49,50)(H4,37,38,39)/t22-,23-,24-,25?,26-/m0/s1. The number of carboxylic acid groups (broad SMARTS) is 1. The number of carbonyl (C=O) groups excluding carboxylic acids is 7. The highest BCUT2D eigenvalue weighted by molar-refractivity contribution is 8.76. The van der Waals surface area contributed by atoms with Crippen molar-refractivity contribution in [2.24, 2.45) is 22.2 Å². The summed E-state index contributed by atoms with van der Waals surface area (Å²) in [6, 6.07) is 1.07. The zero-order valence-electron chi connectivity index (χ0n) is 31.1. The van der Waals surface area contributed by atoms with Gasteiger partial charge in [-0.2, -0.15) is 0 Å². The fraction of sp³-hybridized carbons (Fsp3) is 0.514. The molecule has 4 rings (SSSR count). The van der Waals surface area contributed by atoms with Crippen LogP contribution in [0.3, 0.4) is 0 Å². The first kappa shape index (κ1) is 44.2. The Morgan fingerprint density at radius 2 is 1.63 bits per heavy atom. The summed E-state index contributed by atoms with van der Waals surface area (Å²) in [6.07, 6.45) is 2.48. The molecule has 1 unspecified atom stereocenters. The molecule has 13 N–H and O–H groups in total. The summed E-state index contributed by atoms with van der Waals surface area (Å²) in [4.78, 5) is 114. The van der Waals surface area contributed by atoms with Crippen LogP contribution in [0.1, 0.15) is 50.5 Å². The Labute approximate surface area is 335 Å². The zero-order chi connectivity index (χ0) is 41.5. The molecule has 0 radical (unpaired) electrons. The predicted octanol–water partition coefficient (Wildman–Crippen LogP) is -2.05. The minimum atomic E-state index is -1.68.